The number of benzene rings is 2. The Balaban J connectivity index is 1.81. The fourth-order valence-electron chi connectivity index (χ4n) is 2.67. The Kier molecular flexibility index (Phi) is 6.86. The second-order valence-electron chi connectivity index (χ2n) is 6.38. The molecule has 9 heteroatoms. The van der Waals surface area contributed by atoms with Gasteiger partial charge in [0.1, 0.15) is 10.6 Å². The number of pyridine rings is 1. The number of anilines is 3. The molecule has 2 aromatic carbocycles. The molecule has 0 unspecified atom stereocenters. The maximum absolute atomic E-state index is 13.1. The van der Waals surface area contributed by atoms with E-state index in [9.17, 15) is 8.42 Å². The van der Waals surface area contributed by atoms with Gasteiger partial charge < -0.3 is 15.4 Å². The first-order valence-electron chi connectivity index (χ1n) is 9.22. The third-order valence-corrected chi connectivity index (χ3v) is 5.64. The quantitative estimate of drug-likeness (QED) is 0.467. The number of rotatable bonds is 7. The Morgan fingerprint density at radius 3 is 2.50 bits per heavy atom. The largest absolute Gasteiger partial charge is 0.494 e. The first kappa shape index (κ1) is 21.5. The van der Waals surface area contributed by atoms with E-state index < -0.39 is 10.0 Å². The van der Waals surface area contributed by atoms with Crippen LogP contribution in [0.25, 0.3) is 0 Å². The van der Waals surface area contributed by atoms with Gasteiger partial charge in [-0.2, -0.15) is 0 Å². The molecular formula is C21H22N4O3S2. The molecule has 156 valence electrons. The number of nitrogens with zero attached hydrogens (tertiary/aromatic N) is 1. The highest BCUT2D eigenvalue weighted by molar-refractivity contribution is 7.93. The van der Waals surface area contributed by atoms with Gasteiger partial charge in [-0.05, 0) is 80.2 Å². The van der Waals surface area contributed by atoms with Crippen molar-refractivity contribution in [3.8, 4) is 5.75 Å². The lowest BCUT2D eigenvalue weighted by Crippen LogP contribution is -2.22. The van der Waals surface area contributed by atoms with E-state index >= 15 is 0 Å². The van der Waals surface area contributed by atoms with Crippen LogP contribution in [0.1, 0.15) is 12.5 Å². The van der Waals surface area contributed by atoms with Crippen molar-refractivity contribution < 1.29 is 13.2 Å². The zero-order valence-electron chi connectivity index (χ0n) is 16.5. The highest BCUT2D eigenvalue weighted by atomic mass is 32.2. The molecule has 3 N–H and O–H groups in total. The molecule has 0 aliphatic rings. The molecule has 0 amide bonds. The molecule has 1 heterocycles. The normalized spacial score (nSPS) is 10.9. The van der Waals surface area contributed by atoms with E-state index in [1.807, 2.05) is 19.9 Å². The third kappa shape index (κ3) is 5.68. The SMILES string of the molecule is CCOc1ccc(NS(=O)(=O)c2cc(C)ccc2NC(=S)Nc2cccnc2)cc1. The summed E-state index contributed by atoms with van der Waals surface area (Å²) >= 11 is 5.32. The van der Waals surface area contributed by atoms with Gasteiger partial charge in [-0.1, -0.05) is 6.07 Å². The molecule has 0 bridgehead atoms. The molecule has 3 aromatic rings. The van der Waals surface area contributed by atoms with Gasteiger partial charge in [-0.15, -0.1) is 0 Å². The standard InChI is InChI=1S/C21H22N4O3S2/c1-3-28-18-9-7-16(8-10-18)25-30(26,27)20-13-15(2)6-11-19(20)24-21(29)23-17-5-4-12-22-14-17/h4-14,25H,3H2,1-2H3,(H2,23,24,29). The number of ether oxygens (including phenoxy) is 1. The molecule has 1 aromatic heterocycles. The van der Waals surface area contributed by atoms with Crippen molar-refractivity contribution in [2.45, 2.75) is 18.7 Å². The minimum absolute atomic E-state index is 0.0896. The average molecular weight is 443 g/mol. The first-order chi connectivity index (χ1) is 14.4. The predicted molar refractivity (Wildman–Crippen MR) is 124 cm³/mol. The lowest BCUT2D eigenvalue weighted by molar-refractivity contribution is 0.340. The molecule has 0 aliphatic carbocycles. The van der Waals surface area contributed by atoms with E-state index in [-0.39, 0.29) is 10.0 Å². The van der Waals surface area contributed by atoms with Crippen LogP contribution in [0.3, 0.4) is 0 Å². The lowest BCUT2D eigenvalue weighted by atomic mass is 10.2. The number of thiocarbonyl (C=S) groups is 1. The minimum Gasteiger partial charge on any atom is -0.494 e. The second kappa shape index (κ2) is 9.55. The fraction of sp³-hybridized carbons (Fsp3) is 0.143. The molecule has 30 heavy (non-hydrogen) atoms. The van der Waals surface area contributed by atoms with Crippen LogP contribution >= 0.6 is 12.2 Å². The Hall–Kier alpha value is -3.17. The Bertz CT molecular complexity index is 1120. The van der Waals surface area contributed by atoms with Crippen LogP contribution in [0.15, 0.2) is 71.9 Å². The molecule has 7 nitrogen and oxygen atoms in total. The van der Waals surface area contributed by atoms with Crippen molar-refractivity contribution in [2.24, 2.45) is 0 Å². The van der Waals surface area contributed by atoms with E-state index in [0.717, 1.165) is 5.56 Å². The van der Waals surface area contributed by atoms with Crippen molar-refractivity contribution in [1.29, 1.82) is 0 Å². The second-order valence-corrected chi connectivity index (χ2v) is 8.44. The van der Waals surface area contributed by atoms with E-state index in [1.54, 1.807) is 60.9 Å². The zero-order valence-corrected chi connectivity index (χ0v) is 18.2. The number of nitrogens with one attached hydrogen (secondary N) is 3. The first-order valence-corrected chi connectivity index (χ1v) is 11.1. The molecule has 0 aliphatic heterocycles. The monoisotopic (exact) mass is 442 g/mol. The third-order valence-electron chi connectivity index (χ3n) is 4.01. The predicted octanol–water partition coefficient (Wildman–Crippen LogP) is 4.40. The van der Waals surface area contributed by atoms with Crippen LogP contribution in [-0.2, 0) is 10.0 Å². The molecule has 0 fully saturated rings. The van der Waals surface area contributed by atoms with Crippen molar-refractivity contribution in [2.75, 3.05) is 22.0 Å². The van der Waals surface area contributed by atoms with Gasteiger partial charge >= 0.3 is 0 Å². The summed E-state index contributed by atoms with van der Waals surface area (Å²) in [4.78, 5) is 4.10. The van der Waals surface area contributed by atoms with Crippen LogP contribution in [-0.4, -0.2) is 25.1 Å². The maximum Gasteiger partial charge on any atom is 0.263 e. The smallest absolute Gasteiger partial charge is 0.263 e. The molecule has 3 rings (SSSR count). The van der Waals surface area contributed by atoms with Crippen LogP contribution < -0.4 is 20.1 Å². The number of aromatic nitrogens is 1. The molecule has 0 spiro atoms. The zero-order chi connectivity index (χ0) is 21.6. The summed E-state index contributed by atoms with van der Waals surface area (Å²) in [6.07, 6.45) is 3.27. The Labute approximate surface area is 181 Å². The van der Waals surface area contributed by atoms with Gasteiger partial charge in [0.05, 0.1) is 24.2 Å². The summed E-state index contributed by atoms with van der Waals surface area (Å²) in [5.74, 6) is 0.671. The fourth-order valence-corrected chi connectivity index (χ4v) is 4.21. The van der Waals surface area contributed by atoms with Crippen LogP contribution in [0.4, 0.5) is 17.1 Å². The van der Waals surface area contributed by atoms with E-state index in [0.29, 0.717) is 29.4 Å². The Morgan fingerprint density at radius 1 is 1.07 bits per heavy atom. The van der Waals surface area contributed by atoms with Crippen molar-refractivity contribution >= 4 is 44.4 Å². The van der Waals surface area contributed by atoms with Crippen molar-refractivity contribution in [1.82, 2.24) is 4.98 Å². The molecule has 0 saturated heterocycles. The van der Waals surface area contributed by atoms with Crippen LogP contribution in [0.2, 0.25) is 0 Å². The maximum atomic E-state index is 13.1. The van der Waals surface area contributed by atoms with E-state index in [4.69, 9.17) is 17.0 Å². The average Bonchev–Trinajstić information content (AvgIpc) is 2.71. The number of sulfonamides is 1. The topological polar surface area (TPSA) is 92.3 Å². The van der Waals surface area contributed by atoms with Gasteiger partial charge in [-0.3, -0.25) is 9.71 Å². The number of aryl methyl sites for hydroxylation is 1. The Morgan fingerprint density at radius 2 is 1.83 bits per heavy atom. The molecule has 0 atom stereocenters. The van der Waals surface area contributed by atoms with Crippen molar-refractivity contribution in [3.05, 3.63) is 72.6 Å². The number of hydrogen-bond donors (Lipinski definition) is 3. The van der Waals surface area contributed by atoms with Crippen LogP contribution in [0.5, 0.6) is 5.75 Å². The van der Waals surface area contributed by atoms with Crippen LogP contribution in [0, 0.1) is 6.92 Å². The highest BCUT2D eigenvalue weighted by Gasteiger charge is 2.20. The van der Waals surface area contributed by atoms with E-state index in [1.165, 1.54) is 0 Å². The molecular weight excluding hydrogens is 420 g/mol. The summed E-state index contributed by atoms with van der Waals surface area (Å²) in [7, 11) is -3.86. The number of hydrogen-bond acceptors (Lipinski definition) is 5. The summed E-state index contributed by atoms with van der Waals surface area (Å²) in [5.41, 5.74) is 2.29. The molecule has 0 radical (unpaired) electrons. The summed E-state index contributed by atoms with van der Waals surface area (Å²) in [6.45, 7) is 4.25. The van der Waals surface area contributed by atoms with E-state index in [2.05, 4.69) is 20.3 Å². The van der Waals surface area contributed by atoms with Gasteiger partial charge in [0.25, 0.3) is 10.0 Å². The highest BCUT2D eigenvalue weighted by Crippen LogP contribution is 2.26. The van der Waals surface area contributed by atoms with Gasteiger partial charge in [0.15, 0.2) is 5.11 Å². The van der Waals surface area contributed by atoms with Gasteiger partial charge in [-0.25, -0.2) is 8.42 Å². The minimum atomic E-state index is -3.86. The van der Waals surface area contributed by atoms with Crippen molar-refractivity contribution in [3.63, 3.8) is 0 Å². The van der Waals surface area contributed by atoms with Gasteiger partial charge in [0.2, 0.25) is 0 Å². The summed E-state index contributed by atoms with van der Waals surface area (Å²) < 4.78 is 34.1. The lowest BCUT2D eigenvalue weighted by Gasteiger charge is -2.16. The van der Waals surface area contributed by atoms with Gasteiger partial charge in [0, 0.05) is 11.9 Å². The molecule has 0 saturated carbocycles. The summed E-state index contributed by atoms with van der Waals surface area (Å²) in [6, 6.07) is 15.4. The summed E-state index contributed by atoms with van der Waals surface area (Å²) in [5, 5.41) is 6.19.